The highest BCUT2D eigenvalue weighted by Crippen LogP contribution is 1.99. The summed E-state index contributed by atoms with van der Waals surface area (Å²) in [6.07, 6.45) is 3.16. The largest absolute Gasteiger partial charge is 0.399 e. The highest BCUT2D eigenvalue weighted by molar-refractivity contribution is 6.00. The van der Waals surface area contributed by atoms with Crippen LogP contribution >= 0.6 is 0 Å². The maximum absolute atomic E-state index is 12.3. The molecule has 0 fully saturated rings. The lowest BCUT2D eigenvalue weighted by Crippen LogP contribution is -2.03. The number of alkyl halides is 1. The maximum atomic E-state index is 12.3. The molecule has 1 aromatic rings. The maximum Gasteiger partial charge on any atom is 0.135 e. The lowest BCUT2D eigenvalue weighted by Gasteiger charge is -1.98. The van der Waals surface area contributed by atoms with Gasteiger partial charge in [0.1, 0.15) is 19.5 Å². The molecule has 1 rings (SSSR count). The normalized spacial score (nSPS) is 11.3. The molecule has 4 heteroatoms. The topological polar surface area (TPSA) is 34.5 Å². The molecule has 0 radical (unpaired) electrons. The van der Waals surface area contributed by atoms with Crippen molar-refractivity contribution in [3.05, 3.63) is 30.1 Å². The molecule has 3 nitrogen and oxygen atoms in total. The summed E-state index contributed by atoms with van der Waals surface area (Å²) >= 11 is 0. The number of aromatic nitrogens is 1. The molecule has 0 saturated carbocycles. The monoisotopic (exact) mass is 168 g/mol. The van der Waals surface area contributed by atoms with Gasteiger partial charge in [-0.05, 0) is 12.1 Å². The second kappa shape index (κ2) is 4.43. The number of nitrogens with zero attached hydrogens (tertiary/aromatic N) is 2. The fourth-order valence-electron chi connectivity index (χ4n) is 0.798. The van der Waals surface area contributed by atoms with Crippen LogP contribution in [0.2, 0.25) is 0 Å². The first-order valence-electron chi connectivity index (χ1n) is 3.45. The molecule has 0 aliphatic rings. The predicted octanol–water partition coefficient (Wildman–Crippen LogP) is 1.40. The second-order valence-electron chi connectivity index (χ2n) is 2.10. The summed E-state index contributed by atoms with van der Waals surface area (Å²) in [7, 11) is 1.38. The van der Waals surface area contributed by atoms with E-state index in [4.69, 9.17) is 0 Å². The number of hydrogen-bond donors (Lipinski definition) is 0. The zero-order chi connectivity index (χ0) is 8.81. The van der Waals surface area contributed by atoms with Gasteiger partial charge in [-0.15, -0.1) is 0 Å². The van der Waals surface area contributed by atoms with Gasteiger partial charge in [0.2, 0.25) is 0 Å². The summed E-state index contributed by atoms with van der Waals surface area (Å²) in [6.45, 7) is -0.653. The van der Waals surface area contributed by atoms with E-state index in [1.807, 2.05) is 0 Å². The number of pyridine rings is 1. The summed E-state index contributed by atoms with van der Waals surface area (Å²) in [6, 6.07) is 3.45. The van der Waals surface area contributed by atoms with Crippen LogP contribution in [0, 0.1) is 0 Å². The third-order valence-corrected chi connectivity index (χ3v) is 1.32. The van der Waals surface area contributed by atoms with Crippen LogP contribution in [-0.2, 0) is 4.84 Å². The Morgan fingerprint density at radius 3 is 3.08 bits per heavy atom. The Labute approximate surface area is 69.9 Å². The van der Waals surface area contributed by atoms with Gasteiger partial charge in [0, 0.05) is 18.0 Å². The van der Waals surface area contributed by atoms with Gasteiger partial charge in [0.05, 0.1) is 0 Å². The number of oxime groups is 1. The molecule has 0 saturated heterocycles. The number of hydrogen-bond acceptors (Lipinski definition) is 3. The smallest absolute Gasteiger partial charge is 0.135 e. The number of rotatable bonds is 3. The fourth-order valence-corrected chi connectivity index (χ4v) is 0.798. The van der Waals surface area contributed by atoms with E-state index in [1.54, 1.807) is 18.3 Å². The molecule has 0 atom stereocenters. The van der Waals surface area contributed by atoms with Gasteiger partial charge < -0.3 is 4.84 Å². The van der Waals surface area contributed by atoms with E-state index >= 15 is 0 Å². The highest BCUT2D eigenvalue weighted by Gasteiger charge is 2.02. The van der Waals surface area contributed by atoms with Gasteiger partial charge in [-0.1, -0.05) is 5.16 Å². The molecule has 0 aliphatic carbocycles. The van der Waals surface area contributed by atoms with Gasteiger partial charge >= 0.3 is 0 Å². The van der Waals surface area contributed by atoms with Crippen molar-refractivity contribution in [3.63, 3.8) is 0 Å². The standard InChI is InChI=1S/C8H9FN2O/c1-12-11-8(5-9)7-3-2-4-10-6-7/h2-4,6H,5H2,1H3/b11-8+. The van der Waals surface area contributed by atoms with Gasteiger partial charge in [-0.25, -0.2) is 4.39 Å². The minimum absolute atomic E-state index is 0.255. The lowest BCUT2D eigenvalue weighted by molar-refractivity contribution is 0.212. The van der Waals surface area contributed by atoms with Gasteiger partial charge in [-0.2, -0.15) is 0 Å². The quantitative estimate of drug-likeness (QED) is 0.505. The van der Waals surface area contributed by atoms with Crippen molar-refractivity contribution >= 4 is 5.71 Å². The minimum atomic E-state index is -0.653. The Bertz CT molecular complexity index is 261. The Hall–Kier alpha value is -1.45. The Balaban J connectivity index is 2.88. The van der Waals surface area contributed by atoms with Gasteiger partial charge in [0.15, 0.2) is 0 Å². The van der Waals surface area contributed by atoms with Crippen molar-refractivity contribution < 1.29 is 9.23 Å². The molecule has 1 aromatic heterocycles. The van der Waals surface area contributed by atoms with E-state index in [2.05, 4.69) is 15.0 Å². The molecule has 0 aliphatic heterocycles. The van der Waals surface area contributed by atoms with Crippen LogP contribution in [0.4, 0.5) is 4.39 Å². The van der Waals surface area contributed by atoms with Crippen LogP contribution in [0.25, 0.3) is 0 Å². The lowest BCUT2D eigenvalue weighted by atomic mass is 10.2. The zero-order valence-corrected chi connectivity index (χ0v) is 6.70. The first-order valence-corrected chi connectivity index (χ1v) is 3.45. The van der Waals surface area contributed by atoms with Crippen LogP contribution in [-0.4, -0.2) is 24.5 Å². The average molecular weight is 168 g/mol. The van der Waals surface area contributed by atoms with E-state index in [1.165, 1.54) is 13.3 Å². The molecule has 12 heavy (non-hydrogen) atoms. The number of halogens is 1. The Kier molecular flexibility index (Phi) is 3.19. The summed E-state index contributed by atoms with van der Waals surface area (Å²) in [5, 5.41) is 3.51. The van der Waals surface area contributed by atoms with Crippen LogP contribution < -0.4 is 0 Å². The van der Waals surface area contributed by atoms with E-state index in [-0.39, 0.29) is 5.71 Å². The molecule has 0 spiro atoms. The second-order valence-corrected chi connectivity index (χ2v) is 2.10. The molecule has 0 unspecified atom stereocenters. The first-order chi connectivity index (χ1) is 5.88. The molecule has 64 valence electrons. The average Bonchev–Trinajstić information content (AvgIpc) is 2.15. The molecular formula is C8H9FN2O. The van der Waals surface area contributed by atoms with Gasteiger partial charge in [-0.3, -0.25) is 4.98 Å². The van der Waals surface area contributed by atoms with Gasteiger partial charge in [0.25, 0.3) is 0 Å². The summed E-state index contributed by atoms with van der Waals surface area (Å²) in [4.78, 5) is 8.30. The van der Waals surface area contributed by atoms with E-state index < -0.39 is 6.67 Å². The zero-order valence-electron chi connectivity index (χ0n) is 6.70. The Morgan fingerprint density at radius 1 is 1.75 bits per heavy atom. The molecule has 1 heterocycles. The summed E-state index contributed by atoms with van der Waals surface area (Å²) in [5.41, 5.74) is 0.896. The molecule has 0 N–H and O–H groups in total. The minimum Gasteiger partial charge on any atom is -0.399 e. The predicted molar refractivity (Wildman–Crippen MR) is 43.8 cm³/mol. The van der Waals surface area contributed by atoms with Crippen LogP contribution in [0.3, 0.4) is 0 Å². The van der Waals surface area contributed by atoms with Crippen molar-refractivity contribution in [3.8, 4) is 0 Å². The molecule has 0 aromatic carbocycles. The van der Waals surface area contributed by atoms with E-state index in [9.17, 15) is 4.39 Å². The summed E-state index contributed by atoms with van der Waals surface area (Å²) in [5.74, 6) is 0. The SMILES string of the molecule is CO/N=C(\CF)c1cccnc1. The third-order valence-electron chi connectivity index (χ3n) is 1.32. The molecule has 0 amide bonds. The van der Waals surface area contributed by atoms with Crippen LogP contribution in [0.5, 0.6) is 0 Å². The van der Waals surface area contributed by atoms with Crippen molar-refractivity contribution in [2.45, 2.75) is 0 Å². The van der Waals surface area contributed by atoms with Crippen molar-refractivity contribution in [1.82, 2.24) is 4.98 Å². The molecule has 0 bridgehead atoms. The van der Waals surface area contributed by atoms with E-state index in [0.29, 0.717) is 5.56 Å². The van der Waals surface area contributed by atoms with E-state index in [0.717, 1.165) is 0 Å². The Morgan fingerprint density at radius 2 is 2.58 bits per heavy atom. The van der Waals surface area contributed by atoms with Crippen molar-refractivity contribution in [2.24, 2.45) is 5.16 Å². The fraction of sp³-hybridized carbons (Fsp3) is 0.250. The summed E-state index contributed by atoms with van der Waals surface area (Å²) < 4.78 is 12.3. The third kappa shape index (κ3) is 2.02. The van der Waals surface area contributed by atoms with Crippen molar-refractivity contribution in [2.75, 3.05) is 13.8 Å². The van der Waals surface area contributed by atoms with Crippen LogP contribution in [0.15, 0.2) is 29.7 Å². The van der Waals surface area contributed by atoms with Crippen LogP contribution in [0.1, 0.15) is 5.56 Å². The highest BCUT2D eigenvalue weighted by atomic mass is 19.1. The first kappa shape index (κ1) is 8.64. The van der Waals surface area contributed by atoms with Crippen molar-refractivity contribution in [1.29, 1.82) is 0 Å². The molecular weight excluding hydrogens is 159 g/mol.